The Bertz CT molecular complexity index is 1130. The van der Waals surface area contributed by atoms with Crippen LogP contribution in [-0.2, 0) is 14.4 Å². The van der Waals surface area contributed by atoms with Crippen molar-refractivity contribution >= 4 is 41.0 Å². The van der Waals surface area contributed by atoms with Crippen LogP contribution in [0.2, 0.25) is 10.0 Å². The Kier molecular flexibility index (Phi) is 8.41. The van der Waals surface area contributed by atoms with Gasteiger partial charge in [0.1, 0.15) is 6.04 Å². The second kappa shape index (κ2) is 10.8. The predicted octanol–water partition coefficient (Wildman–Crippen LogP) is 6.22. The molecule has 8 heteroatoms. The summed E-state index contributed by atoms with van der Waals surface area (Å²) in [5.41, 5.74) is -0.0211. The van der Waals surface area contributed by atoms with Gasteiger partial charge in [0, 0.05) is 21.5 Å². The normalized spacial score (nSPS) is 23.3. The third-order valence-electron chi connectivity index (χ3n) is 6.66. The van der Waals surface area contributed by atoms with Crippen molar-refractivity contribution in [2.75, 3.05) is 0 Å². The number of halogens is 2. The summed E-state index contributed by atoms with van der Waals surface area (Å²) in [6.45, 7) is 9.19. The monoisotopic (exact) mass is 532 g/mol. The fourth-order valence-electron chi connectivity index (χ4n) is 5.18. The number of carbonyl (C=O) groups excluding carboxylic acids is 2. The quantitative estimate of drug-likeness (QED) is 0.442. The van der Waals surface area contributed by atoms with Gasteiger partial charge < -0.3 is 15.3 Å². The van der Waals surface area contributed by atoms with Crippen LogP contribution in [0.4, 0.5) is 0 Å². The third-order valence-corrected chi connectivity index (χ3v) is 7.14. The number of benzene rings is 2. The predicted molar refractivity (Wildman–Crippen MR) is 142 cm³/mol. The molecule has 3 rings (SSSR count). The van der Waals surface area contributed by atoms with Gasteiger partial charge in [-0.1, -0.05) is 61.3 Å². The molecule has 1 aliphatic heterocycles. The molecule has 4 atom stereocenters. The van der Waals surface area contributed by atoms with Crippen molar-refractivity contribution in [3.63, 3.8) is 0 Å². The minimum Gasteiger partial charge on any atom is -0.481 e. The molecule has 0 radical (unpaired) electrons. The Morgan fingerprint density at radius 2 is 1.75 bits per heavy atom. The molecule has 2 aromatic carbocycles. The molecule has 0 bridgehead atoms. The summed E-state index contributed by atoms with van der Waals surface area (Å²) in [4.78, 5) is 41.2. The molecule has 6 nitrogen and oxygen atoms in total. The minimum absolute atomic E-state index is 0.276. The molecular formula is C28H34Cl2N2O4. The van der Waals surface area contributed by atoms with Gasteiger partial charge in [-0.2, -0.15) is 0 Å². The summed E-state index contributed by atoms with van der Waals surface area (Å²) in [6.07, 6.45) is 0.312. The highest BCUT2D eigenvalue weighted by Gasteiger charge is 2.53. The Labute approximate surface area is 223 Å². The molecule has 1 aliphatic rings. The van der Waals surface area contributed by atoms with Crippen LogP contribution in [0, 0.1) is 5.41 Å². The maximum absolute atomic E-state index is 14.2. The number of carboxylic acids is 1. The molecule has 2 amide bonds. The van der Waals surface area contributed by atoms with E-state index in [4.69, 9.17) is 23.2 Å². The zero-order valence-electron chi connectivity index (χ0n) is 21.3. The van der Waals surface area contributed by atoms with Gasteiger partial charge in [0.05, 0.1) is 17.9 Å². The molecule has 0 aromatic heterocycles. The van der Waals surface area contributed by atoms with Crippen molar-refractivity contribution in [1.82, 2.24) is 10.2 Å². The van der Waals surface area contributed by atoms with Gasteiger partial charge in [-0.25, -0.2) is 0 Å². The van der Waals surface area contributed by atoms with E-state index in [-0.39, 0.29) is 24.2 Å². The number of nitrogens with zero attached hydrogens (tertiary/aromatic N) is 1. The smallest absolute Gasteiger partial charge is 0.304 e. The molecule has 1 saturated heterocycles. The lowest BCUT2D eigenvalue weighted by atomic mass is 9.67. The average Bonchev–Trinajstić information content (AvgIpc) is 2.76. The van der Waals surface area contributed by atoms with Crippen LogP contribution < -0.4 is 5.32 Å². The Morgan fingerprint density at radius 3 is 2.28 bits per heavy atom. The highest BCUT2D eigenvalue weighted by Crippen LogP contribution is 2.52. The van der Waals surface area contributed by atoms with Gasteiger partial charge in [-0.3, -0.25) is 14.4 Å². The van der Waals surface area contributed by atoms with E-state index < -0.39 is 29.0 Å². The van der Waals surface area contributed by atoms with Gasteiger partial charge in [0.2, 0.25) is 11.8 Å². The van der Waals surface area contributed by atoms with Crippen molar-refractivity contribution in [1.29, 1.82) is 0 Å². The summed E-state index contributed by atoms with van der Waals surface area (Å²) < 4.78 is 0. The van der Waals surface area contributed by atoms with E-state index in [0.717, 1.165) is 11.1 Å². The number of rotatable bonds is 7. The fraction of sp³-hybridized carbons (Fsp3) is 0.464. The molecule has 1 fully saturated rings. The molecule has 2 N–H and O–H groups in total. The summed E-state index contributed by atoms with van der Waals surface area (Å²) in [6, 6.07) is 13.3. The van der Waals surface area contributed by atoms with Crippen LogP contribution in [-0.4, -0.2) is 39.4 Å². The van der Waals surface area contributed by atoms with Crippen LogP contribution in [0.15, 0.2) is 48.5 Å². The molecule has 0 saturated carbocycles. The highest BCUT2D eigenvalue weighted by atomic mass is 35.5. The Morgan fingerprint density at radius 1 is 1.11 bits per heavy atom. The minimum atomic E-state index is -1.21. The van der Waals surface area contributed by atoms with Crippen LogP contribution in [0.5, 0.6) is 0 Å². The van der Waals surface area contributed by atoms with Crippen LogP contribution in [0.25, 0.3) is 0 Å². The molecule has 194 valence electrons. The molecule has 0 spiro atoms. The first kappa shape index (κ1) is 28.0. The first-order valence-corrected chi connectivity index (χ1v) is 12.9. The maximum Gasteiger partial charge on any atom is 0.304 e. The van der Waals surface area contributed by atoms with E-state index in [1.165, 1.54) is 0 Å². The van der Waals surface area contributed by atoms with E-state index in [0.29, 0.717) is 22.9 Å². The Hall–Kier alpha value is -2.57. The van der Waals surface area contributed by atoms with Gasteiger partial charge >= 0.3 is 5.97 Å². The van der Waals surface area contributed by atoms with E-state index >= 15 is 0 Å². The fourth-order valence-corrected chi connectivity index (χ4v) is 5.51. The van der Waals surface area contributed by atoms with Gasteiger partial charge in [-0.05, 0) is 69.0 Å². The highest BCUT2D eigenvalue weighted by molar-refractivity contribution is 6.30. The number of amides is 2. The largest absolute Gasteiger partial charge is 0.481 e. The lowest BCUT2D eigenvalue weighted by Crippen LogP contribution is -2.60. The van der Waals surface area contributed by atoms with Gasteiger partial charge in [0.25, 0.3) is 0 Å². The van der Waals surface area contributed by atoms with Crippen molar-refractivity contribution in [3.8, 4) is 0 Å². The molecule has 1 heterocycles. The lowest BCUT2D eigenvalue weighted by molar-refractivity contribution is -0.163. The van der Waals surface area contributed by atoms with E-state index in [2.05, 4.69) is 5.32 Å². The number of hydrogen-bond donors (Lipinski definition) is 2. The molecular weight excluding hydrogens is 499 g/mol. The van der Waals surface area contributed by atoms with E-state index in [1.54, 1.807) is 30.0 Å². The molecule has 36 heavy (non-hydrogen) atoms. The summed E-state index contributed by atoms with van der Waals surface area (Å²) in [5, 5.41) is 13.8. The summed E-state index contributed by atoms with van der Waals surface area (Å²) in [5.74, 6) is -1.99. The SMILES string of the molecule is CCC(C(=O)NC(C)(C)C)N1C(=O)[C@@](C)(CC(=O)O)C[C@H](c2cccc(Cl)c2)[C@H]1c1ccc(Cl)cc1. The van der Waals surface area contributed by atoms with Crippen molar-refractivity contribution in [3.05, 3.63) is 69.7 Å². The number of nitrogens with one attached hydrogen (secondary N) is 1. The van der Waals surface area contributed by atoms with Gasteiger partial charge in [0.15, 0.2) is 0 Å². The first-order chi connectivity index (χ1) is 16.8. The number of likely N-dealkylation sites (tertiary alicyclic amines) is 1. The molecule has 2 aromatic rings. The van der Waals surface area contributed by atoms with E-state index in [9.17, 15) is 19.5 Å². The van der Waals surface area contributed by atoms with E-state index in [1.807, 2.05) is 58.0 Å². The van der Waals surface area contributed by atoms with Crippen molar-refractivity contribution in [2.45, 2.75) is 77.4 Å². The second-order valence-electron chi connectivity index (χ2n) is 10.9. The Balaban J connectivity index is 2.25. The van der Waals surface area contributed by atoms with Crippen molar-refractivity contribution < 1.29 is 19.5 Å². The number of hydrogen-bond acceptors (Lipinski definition) is 3. The first-order valence-electron chi connectivity index (χ1n) is 12.1. The number of piperidine rings is 1. The second-order valence-corrected chi connectivity index (χ2v) is 11.7. The third kappa shape index (κ3) is 6.22. The lowest BCUT2D eigenvalue weighted by Gasteiger charge is -2.51. The summed E-state index contributed by atoms with van der Waals surface area (Å²) >= 11 is 12.5. The van der Waals surface area contributed by atoms with Crippen LogP contribution in [0.3, 0.4) is 0 Å². The zero-order chi connectivity index (χ0) is 26.8. The standard InChI is InChI=1S/C28H34Cl2N2O4/c1-6-22(25(35)31-27(2,3)4)32-24(17-10-12-19(29)13-11-17)21(18-8-7-9-20(30)14-18)15-28(5,26(32)36)16-23(33)34/h7-14,21-22,24H,6,15-16H2,1-5H3,(H,31,35)(H,33,34)/t21-,22?,24-,28-/m1/s1. The molecule has 0 aliphatic carbocycles. The average molecular weight is 533 g/mol. The maximum atomic E-state index is 14.2. The number of carboxylic acid groups (broad SMARTS) is 1. The van der Waals surface area contributed by atoms with Crippen molar-refractivity contribution in [2.24, 2.45) is 5.41 Å². The number of carbonyl (C=O) groups is 3. The summed E-state index contributed by atoms with van der Waals surface area (Å²) in [7, 11) is 0. The van der Waals surface area contributed by atoms with Gasteiger partial charge in [-0.15, -0.1) is 0 Å². The topological polar surface area (TPSA) is 86.7 Å². The number of aliphatic carboxylic acids is 1. The molecule has 1 unspecified atom stereocenters. The van der Waals surface area contributed by atoms with Crippen LogP contribution >= 0.6 is 23.2 Å². The van der Waals surface area contributed by atoms with Crippen LogP contribution in [0.1, 0.15) is 77.0 Å². The zero-order valence-corrected chi connectivity index (χ0v) is 22.9.